The molecule has 1 saturated heterocycles. The third-order valence-corrected chi connectivity index (χ3v) is 4.07. The third-order valence-electron chi connectivity index (χ3n) is 4.07. The molecule has 0 aliphatic carbocycles. The van der Waals surface area contributed by atoms with E-state index in [1.807, 2.05) is 19.1 Å². The summed E-state index contributed by atoms with van der Waals surface area (Å²) in [6.45, 7) is 12.6. The molecule has 1 aromatic rings. The van der Waals surface area contributed by atoms with E-state index in [1.54, 1.807) is 0 Å². The lowest BCUT2D eigenvalue weighted by molar-refractivity contribution is 0.276. The quantitative estimate of drug-likeness (QED) is 0.881. The van der Waals surface area contributed by atoms with Gasteiger partial charge >= 0.3 is 0 Å². The van der Waals surface area contributed by atoms with Crippen LogP contribution in [0.3, 0.4) is 0 Å². The molecule has 0 bridgehead atoms. The lowest BCUT2D eigenvalue weighted by atomic mass is 9.92. The van der Waals surface area contributed by atoms with Crippen molar-refractivity contribution in [1.82, 2.24) is 5.32 Å². The van der Waals surface area contributed by atoms with Gasteiger partial charge in [0.25, 0.3) is 0 Å². The van der Waals surface area contributed by atoms with Gasteiger partial charge in [-0.05, 0) is 38.8 Å². The molecule has 106 valence electrons. The van der Waals surface area contributed by atoms with Crippen molar-refractivity contribution in [2.45, 2.75) is 46.2 Å². The third kappa shape index (κ3) is 2.92. The van der Waals surface area contributed by atoms with Crippen LogP contribution in [-0.2, 0) is 0 Å². The van der Waals surface area contributed by atoms with Crippen molar-refractivity contribution in [3.05, 3.63) is 29.6 Å². The van der Waals surface area contributed by atoms with E-state index < -0.39 is 0 Å². The number of hydrogen-bond donors (Lipinski definition) is 1. The molecule has 1 aromatic carbocycles. The standard InChI is InChI=1S/C16H25FN2/c1-11(2)15-9-18-16(4,5)10-19(15)14-8-6-7-13(17)12(14)3/h6-8,11,15,18H,9-10H2,1-5H3. The first kappa shape index (κ1) is 14.3. The number of benzene rings is 1. The van der Waals surface area contributed by atoms with Crippen molar-refractivity contribution in [1.29, 1.82) is 0 Å². The van der Waals surface area contributed by atoms with Crippen LogP contribution >= 0.6 is 0 Å². The molecule has 1 N–H and O–H groups in total. The van der Waals surface area contributed by atoms with Gasteiger partial charge in [0, 0.05) is 35.9 Å². The average molecular weight is 264 g/mol. The average Bonchev–Trinajstić information content (AvgIpc) is 2.31. The van der Waals surface area contributed by atoms with Gasteiger partial charge in [0.15, 0.2) is 0 Å². The van der Waals surface area contributed by atoms with E-state index in [4.69, 9.17) is 0 Å². The molecule has 1 fully saturated rings. The normalized spacial score (nSPS) is 22.9. The Morgan fingerprint density at radius 2 is 2.05 bits per heavy atom. The van der Waals surface area contributed by atoms with Gasteiger partial charge in [-0.25, -0.2) is 4.39 Å². The smallest absolute Gasteiger partial charge is 0.128 e. The van der Waals surface area contributed by atoms with Gasteiger partial charge in [0.05, 0.1) is 0 Å². The molecule has 2 rings (SSSR count). The lowest BCUT2D eigenvalue weighted by Gasteiger charge is -2.48. The molecule has 0 spiro atoms. The highest BCUT2D eigenvalue weighted by molar-refractivity contribution is 5.55. The highest BCUT2D eigenvalue weighted by Crippen LogP contribution is 2.30. The predicted molar refractivity (Wildman–Crippen MR) is 79.2 cm³/mol. The molecule has 1 atom stereocenters. The monoisotopic (exact) mass is 264 g/mol. The minimum absolute atomic E-state index is 0.0597. The maximum Gasteiger partial charge on any atom is 0.128 e. The summed E-state index contributed by atoms with van der Waals surface area (Å²) in [7, 11) is 0. The van der Waals surface area contributed by atoms with E-state index in [0.29, 0.717) is 12.0 Å². The first-order chi connectivity index (χ1) is 8.82. The number of rotatable bonds is 2. The Kier molecular flexibility index (Phi) is 3.86. The summed E-state index contributed by atoms with van der Waals surface area (Å²) in [6, 6.07) is 5.80. The number of piperazine rings is 1. The second kappa shape index (κ2) is 5.12. The first-order valence-corrected chi connectivity index (χ1v) is 7.08. The number of nitrogens with one attached hydrogen (secondary N) is 1. The van der Waals surface area contributed by atoms with Gasteiger partial charge in [-0.15, -0.1) is 0 Å². The van der Waals surface area contributed by atoms with Crippen LogP contribution in [0, 0.1) is 18.7 Å². The summed E-state index contributed by atoms with van der Waals surface area (Å²) in [5, 5.41) is 3.59. The van der Waals surface area contributed by atoms with Gasteiger partial charge in [0.1, 0.15) is 5.82 Å². The fraction of sp³-hybridized carbons (Fsp3) is 0.625. The van der Waals surface area contributed by atoms with Gasteiger partial charge in [0.2, 0.25) is 0 Å². The van der Waals surface area contributed by atoms with Crippen LogP contribution in [0.15, 0.2) is 18.2 Å². The lowest BCUT2D eigenvalue weighted by Crippen LogP contribution is -2.63. The Balaban J connectivity index is 2.39. The molecule has 0 aromatic heterocycles. The minimum atomic E-state index is -0.114. The number of halogens is 1. The zero-order valence-electron chi connectivity index (χ0n) is 12.6. The maximum atomic E-state index is 13.8. The Morgan fingerprint density at radius 1 is 1.37 bits per heavy atom. The van der Waals surface area contributed by atoms with E-state index in [0.717, 1.165) is 24.3 Å². The summed E-state index contributed by atoms with van der Waals surface area (Å²) in [5.41, 5.74) is 1.85. The highest BCUT2D eigenvalue weighted by atomic mass is 19.1. The van der Waals surface area contributed by atoms with Crippen LogP contribution in [0.2, 0.25) is 0 Å². The SMILES string of the molecule is Cc1c(F)cccc1N1CC(C)(C)NCC1C(C)C. The minimum Gasteiger partial charge on any atom is -0.365 e. The van der Waals surface area contributed by atoms with Crippen molar-refractivity contribution in [3.8, 4) is 0 Å². The largest absolute Gasteiger partial charge is 0.365 e. The number of nitrogens with zero attached hydrogens (tertiary/aromatic N) is 1. The topological polar surface area (TPSA) is 15.3 Å². The molecule has 1 heterocycles. The summed E-state index contributed by atoms with van der Waals surface area (Å²) in [4.78, 5) is 2.37. The fourth-order valence-electron chi connectivity index (χ4n) is 2.86. The highest BCUT2D eigenvalue weighted by Gasteiger charge is 2.34. The Hall–Kier alpha value is -1.09. The number of hydrogen-bond acceptors (Lipinski definition) is 2. The molecule has 1 aliphatic heterocycles. The molecule has 3 heteroatoms. The molecule has 19 heavy (non-hydrogen) atoms. The van der Waals surface area contributed by atoms with Crippen LogP contribution in [0.1, 0.15) is 33.3 Å². The van der Waals surface area contributed by atoms with Crippen LogP contribution in [0.25, 0.3) is 0 Å². The van der Waals surface area contributed by atoms with Gasteiger partial charge < -0.3 is 10.2 Å². The Bertz CT molecular complexity index is 454. The van der Waals surface area contributed by atoms with Gasteiger partial charge in [-0.3, -0.25) is 0 Å². The molecule has 2 nitrogen and oxygen atoms in total. The van der Waals surface area contributed by atoms with Crippen LogP contribution in [-0.4, -0.2) is 24.7 Å². The van der Waals surface area contributed by atoms with Crippen LogP contribution in [0.4, 0.5) is 10.1 Å². The zero-order chi connectivity index (χ0) is 14.2. The first-order valence-electron chi connectivity index (χ1n) is 7.08. The van der Waals surface area contributed by atoms with Crippen LogP contribution in [0.5, 0.6) is 0 Å². The second-order valence-corrected chi connectivity index (χ2v) is 6.59. The zero-order valence-corrected chi connectivity index (χ0v) is 12.6. The molecule has 0 amide bonds. The fourth-order valence-corrected chi connectivity index (χ4v) is 2.86. The second-order valence-electron chi connectivity index (χ2n) is 6.59. The van der Waals surface area contributed by atoms with Crippen LogP contribution < -0.4 is 10.2 Å². The van der Waals surface area contributed by atoms with E-state index in [2.05, 4.69) is 37.9 Å². The summed E-state index contributed by atoms with van der Waals surface area (Å²) in [6.07, 6.45) is 0. The maximum absolute atomic E-state index is 13.8. The Morgan fingerprint density at radius 3 is 2.68 bits per heavy atom. The van der Waals surface area contributed by atoms with E-state index in [-0.39, 0.29) is 11.4 Å². The molecule has 0 radical (unpaired) electrons. The predicted octanol–water partition coefficient (Wildman–Crippen LogP) is 3.35. The molecule has 1 aliphatic rings. The Labute approximate surface area is 116 Å². The van der Waals surface area contributed by atoms with E-state index >= 15 is 0 Å². The molecular weight excluding hydrogens is 239 g/mol. The molecule has 0 saturated carbocycles. The van der Waals surface area contributed by atoms with Gasteiger partial charge in [-0.2, -0.15) is 0 Å². The summed E-state index contributed by atoms with van der Waals surface area (Å²) < 4.78 is 13.8. The van der Waals surface area contributed by atoms with E-state index in [9.17, 15) is 4.39 Å². The number of anilines is 1. The van der Waals surface area contributed by atoms with Crippen molar-refractivity contribution in [2.24, 2.45) is 5.92 Å². The summed E-state index contributed by atoms with van der Waals surface area (Å²) in [5.74, 6) is 0.419. The van der Waals surface area contributed by atoms with Crippen molar-refractivity contribution < 1.29 is 4.39 Å². The molecule has 1 unspecified atom stereocenters. The summed E-state index contributed by atoms with van der Waals surface area (Å²) >= 11 is 0. The van der Waals surface area contributed by atoms with Crippen molar-refractivity contribution in [2.75, 3.05) is 18.0 Å². The van der Waals surface area contributed by atoms with Crippen molar-refractivity contribution in [3.63, 3.8) is 0 Å². The van der Waals surface area contributed by atoms with E-state index in [1.165, 1.54) is 6.07 Å². The van der Waals surface area contributed by atoms with Crippen molar-refractivity contribution >= 4 is 5.69 Å². The van der Waals surface area contributed by atoms with Gasteiger partial charge in [-0.1, -0.05) is 19.9 Å². The molecular formula is C16H25FN2.